The quantitative estimate of drug-likeness (QED) is 0.777. The van der Waals surface area contributed by atoms with Crippen LogP contribution in [-0.2, 0) is 0 Å². The van der Waals surface area contributed by atoms with Crippen LogP contribution in [0.4, 0.5) is 8.78 Å². The van der Waals surface area contributed by atoms with Gasteiger partial charge in [0, 0.05) is 5.02 Å². The molecular weight excluding hydrogens is 246 g/mol. The van der Waals surface area contributed by atoms with E-state index in [0.717, 1.165) is 11.1 Å². The molecule has 2 rings (SSSR count). The molecule has 0 heterocycles. The van der Waals surface area contributed by atoms with Crippen molar-refractivity contribution in [2.24, 2.45) is 0 Å². The van der Waals surface area contributed by atoms with Crippen LogP contribution < -0.4 is 4.74 Å². The highest BCUT2D eigenvalue weighted by Gasteiger charge is 2.05. The molecule has 0 saturated heterocycles. The lowest BCUT2D eigenvalue weighted by Crippen LogP contribution is -2.01. The van der Waals surface area contributed by atoms with Crippen molar-refractivity contribution in [2.75, 3.05) is 0 Å². The van der Waals surface area contributed by atoms with Gasteiger partial charge in [-0.2, -0.15) is 8.78 Å². The van der Waals surface area contributed by atoms with E-state index in [0.29, 0.717) is 5.02 Å². The predicted molar refractivity (Wildman–Crippen MR) is 63.5 cm³/mol. The van der Waals surface area contributed by atoms with Gasteiger partial charge in [0.25, 0.3) is 0 Å². The Bertz CT molecular complexity index is 497. The fourth-order valence-corrected chi connectivity index (χ4v) is 1.62. The first-order valence-electron chi connectivity index (χ1n) is 4.96. The second-order valence-electron chi connectivity index (χ2n) is 3.41. The summed E-state index contributed by atoms with van der Waals surface area (Å²) in [7, 11) is 0. The third kappa shape index (κ3) is 3.17. The maximum Gasteiger partial charge on any atom is 0.387 e. The van der Waals surface area contributed by atoms with Gasteiger partial charge in [-0.25, -0.2) is 0 Å². The van der Waals surface area contributed by atoms with E-state index in [1.807, 2.05) is 18.2 Å². The van der Waals surface area contributed by atoms with Gasteiger partial charge in [-0.05, 0) is 35.4 Å². The van der Waals surface area contributed by atoms with Crippen molar-refractivity contribution >= 4 is 11.6 Å². The minimum absolute atomic E-state index is 0.146. The number of rotatable bonds is 3. The molecule has 0 unspecified atom stereocenters. The van der Waals surface area contributed by atoms with Crippen molar-refractivity contribution in [1.82, 2.24) is 0 Å². The molecule has 0 aliphatic rings. The number of halogens is 3. The molecule has 0 atom stereocenters. The molecule has 0 amide bonds. The van der Waals surface area contributed by atoms with Crippen molar-refractivity contribution < 1.29 is 13.5 Å². The predicted octanol–water partition coefficient (Wildman–Crippen LogP) is 4.61. The van der Waals surface area contributed by atoms with Crippen molar-refractivity contribution in [3.8, 4) is 16.9 Å². The van der Waals surface area contributed by atoms with Crippen LogP contribution in [-0.4, -0.2) is 6.61 Å². The summed E-state index contributed by atoms with van der Waals surface area (Å²) in [4.78, 5) is 0. The Kier molecular flexibility index (Phi) is 3.59. The standard InChI is InChI=1S/C13H9ClF2O/c14-11-6-4-9(5-7-11)10-2-1-3-12(8-10)17-13(15)16/h1-8,13H. The Hall–Kier alpha value is -1.61. The Balaban J connectivity index is 2.29. The zero-order valence-corrected chi connectivity index (χ0v) is 9.49. The van der Waals surface area contributed by atoms with Crippen LogP contribution in [0.3, 0.4) is 0 Å². The van der Waals surface area contributed by atoms with Crippen molar-refractivity contribution in [3.63, 3.8) is 0 Å². The van der Waals surface area contributed by atoms with E-state index in [2.05, 4.69) is 4.74 Å². The van der Waals surface area contributed by atoms with E-state index >= 15 is 0 Å². The largest absolute Gasteiger partial charge is 0.435 e. The summed E-state index contributed by atoms with van der Waals surface area (Å²) < 4.78 is 28.5. The molecule has 0 N–H and O–H groups in total. The third-order valence-corrected chi connectivity index (χ3v) is 2.49. The summed E-state index contributed by atoms with van der Waals surface area (Å²) in [6.07, 6.45) is 0. The van der Waals surface area contributed by atoms with Crippen molar-refractivity contribution in [3.05, 3.63) is 53.6 Å². The first-order chi connectivity index (χ1) is 8.15. The molecule has 2 aromatic rings. The molecule has 2 aromatic carbocycles. The normalized spacial score (nSPS) is 10.6. The second kappa shape index (κ2) is 5.15. The number of ether oxygens (including phenoxy) is 1. The summed E-state index contributed by atoms with van der Waals surface area (Å²) in [6.45, 7) is -2.81. The number of alkyl halides is 2. The first-order valence-corrected chi connectivity index (χ1v) is 5.34. The topological polar surface area (TPSA) is 9.23 Å². The van der Waals surface area contributed by atoms with Gasteiger partial charge in [-0.15, -0.1) is 0 Å². The van der Waals surface area contributed by atoms with E-state index in [-0.39, 0.29) is 5.75 Å². The van der Waals surface area contributed by atoms with Gasteiger partial charge in [0.2, 0.25) is 0 Å². The summed E-state index contributed by atoms with van der Waals surface area (Å²) in [5.41, 5.74) is 1.70. The average Bonchev–Trinajstić information content (AvgIpc) is 2.29. The summed E-state index contributed by atoms with van der Waals surface area (Å²) in [6, 6.07) is 13.7. The second-order valence-corrected chi connectivity index (χ2v) is 3.85. The van der Waals surface area contributed by atoms with Crippen LogP contribution in [0, 0.1) is 0 Å². The zero-order valence-electron chi connectivity index (χ0n) is 8.74. The van der Waals surface area contributed by atoms with E-state index in [1.54, 1.807) is 24.3 Å². The number of hydrogen-bond acceptors (Lipinski definition) is 1. The van der Waals surface area contributed by atoms with E-state index in [1.165, 1.54) is 6.07 Å². The minimum atomic E-state index is -2.81. The SMILES string of the molecule is FC(F)Oc1cccc(-c2ccc(Cl)cc2)c1. The monoisotopic (exact) mass is 254 g/mol. The molecule has 1 nitrogen and oxygen atoms in total. The van der Waals surface area contributed by atoms with Gasteiger partial charge in [-0.1, -0.05) is 35.9 Å². The average molecular weight is 255 g/mol. The molecule has 4 heteroatoms. The molecule has 17 heavy (non-hydrogen) atoms. The maximum absolute atomic E-state index is 12.1. The van der Waals surface area contributed by atoms with Crippen molar-refractivity contribution in [2.45, 2.75) is 6.61 Å². The summed E-state index contributed by atoms with van der Waals surface area (Å²) in [5.74, 6) is 0.146. The van der Waals surface area contributed by atoms with Gasteiger partial charge in [-0.3, -0.25) is 0 Å². The Morgan fingerprint density at radius 2 is 1.65 bits per heavy atom. The molecule has 0 spiro atoms. The van der Waals surface area contributed by atoms with Gasteiger partial charge >= 0.3 is 6.61 Å². The smallest absolute Gasteiger partial charge is 0.387 e. The summed E-state index contributed by atoms with van der Waals surface area (Å²) >= 11 is 5.78. The minimum Gasteiger partial charge on any atom is -0.435 e. The van der Waals surface area contributed by atoms with Crippen LogP contribution in [0.1, 0.15) is 0 Å². The molecule has 0 bridgehead atoms. The lowest BCUT2D eigenvalue weighted by Gasteiger charge is -2.07. The zero-order chi connectivity index (χ0) is 12.3. The highest BCUT2D eigenvalue weighted by atomic mass is 35.5. The molecule has 0 fully saturated rings. The fourth-order valence-electron chi connectivity index (χ4n) is 1.49. The molecule has 0 saturated carbocycles. The maximum atomic E-state index is 12.1. The van der Waals surface area contributed by atoms with Crippen molar-refractivity contribution in [1.29, 1.82) is 0 Å². The third-order valence-electron chi connectivity index (χ3n) is 2.24. The van der Waals surface area contributed by atoms with Crippen LogP contribution in [0.25, 0.3) is 11.1 Å². The molecule has 0 aliphatic heterocycles. The van der Waals surface area contributed by atoms with Gasteiger partial charge in [0.05, 0.1) is 0 Å². The Morgan fingerprint density at radius 1 is 0.941 bits per heavy atom. The van der Waals surface area contributed by atoms with Gasteiger partial charge in [0.15, 0.2) is 0 Å². The fraction of sp³-hybridized carbons (Fsp3) is 0.0769. The lowest BCUT2D eigenvalue weighted by atomic mass is 10.1. The van der Waals surface area contributed by atoms with Gasteiger partial charge in [0.1, 0.15) is 5.75 Å². The molecule has 0 aromatic heterocycles. The Morgan fingerprint density at radius 3 is 2.29 bits per heavy atom. The van der Waals surface area contributed by atoms with Crippen LogP contribution in [0.2, 0.25) is 5.02 Å². The first kappa shape index (κ1) is 11.9. The van der Waals surface area contributed by atoms with E-state index < -0.39 is 6.61 Å². The van der Waals surface area contributed by atoms with Crippen LogP contribution in [0.5, 0.6) is 5.75 Å². The van der Waals surface area contributed by atoms with Gasteiger partial charge < -0.3 is 4.74 Å². The highest BCUT2D eigenvalue weighted by molar-refractivity contribution is 6.30. The van der Waals surface area contributed by atoms with Crippen LogP contribution >= 0.6 is 11.6 Å². The van der Waals surface area contributed by atoms with E-state index in [4.69, 9.17) is 11.6 Å². The number of hydrogen-bond donors (Lipinski definition) is 0. The molecular formula is C13H9ClF2O. The van der Waals surface area contributed by atoms with Crippen LogP contribution in [0.15, 0.2) is 48.5 Å². The lowest BCUT2D eigenvalue weighted by molar-refractivity contribution is -0.0498. The highest BCUT2D eigenvalue weighted by Crippen LogP contribution is 2.25. The molecule has 88 valence electrons. The number of benzene rings is 2. The molecule has 0 aliphatic carbocycles. The summed E-state index contributed by atoms with van der Waals surface area (Å²) in [5, 5.41) is 0.633. The molecule has 0 radical (unpaired) electrons. The van der Waals surface area contributed by atoms with E-state index in [9.17, 15) is 8.78 Å². The Labute approximate surface area is 103 Å².